The zero-order chi connectivity index (χ0) is 17.8. The number of halogens is 2. The molecule has 1 heterocycles. The van der Waals surface area contributed by atoms with Crippen molar-refractivity contribution in [3.8, 4) is 0 Å². The molecule has 0 amide bonds. The number of ether oxygens (including phenoxy) is 1. The van der Waals surface area contributed by atoms with Crippen LogP contribution in [0.2, 0.25) is 0 Å². The van der Waals surface area contributed by atoms with E-state index in [0.29, 0.717) is 25.2 Å². The van der Waals surface area contributed by atoms with Crippen LogP contribution in [-0.2, 0) is 16.1 Å². The lowest BCUT2D eigenvalue weighted by Gasteiger charge is -2.18. The summed E-state index contributed by atoms with van der Waals surface area (Å²) in [5.74, 6) is -2.35. The van der Waals surface area contributed by atoms with Gasteiger partial charge in [0, 0.05) is 31.6 Å². The highest BCUT2D eigenvalue weighted by Gasteiger charge is 2.40. The molecule has 3 nitrogen and oxygen atoms in total. The summed E-state index contributed by atoms with van der Waals surface area (Å²) in [6, 6.07) is 13.5. The molecule has 0 spiro atoms. The average molecular weight is 345 g/mol. The third-order valence-electron chi connectivity index (χ3n) is 4.60. The van der Waals surface area contributed by atoms with Gasteiger partial charge in [0.2, 0.25) is 0 Å². The Hall–Kier alpha value is -2.27. The SMILES string of the molecule is CCOC(=O)C1CN(Cc2ccccc2)CC1c1ccc(F)cc1F. The molecule has 0 aliphatic carbocycles. The van der Waals surface area contributed by atoms with Gasteiger partial charge in [-0.15, -0.1) is 0 Å². The van der Waals surface area contributed by atoms with Crippen molar-refractivity contribution in [1.82, 2.24) is 4.90 Å². The summed E-state index contributed by atoms with van der Waals surface area (Å²) < 4.78 is 32.7. The predicted molar refractivity (Wildman–Crippen MR) is 90.9 cm³/mol. The van der Waals surface area contributed by atoms with E-state index in [1.807, 2.05) is 30.3 Å². The highest BCUT2D eigenvalue weighted by atomic mass is 19.1. The smallest absolute Gasteiger partial charge is 0.310 e. The van der Waals surface area contributed by atoms with E-state index in [2.05, 4.69) is 4.90 Å². The highest BCUT2D eigenvalue weighted by molar-refractivity contribution is 5.74. The minimum Gasteiger partial charge on any atom is -0.466 e. The fourth-order valence-electron chi connectivity index (χ4n) is 3.46. The van der Waals surface area contributed by atoms with Crippen molar-refractivity contribution in [2.75, 3.05) is 19.7 Å². The van der Waals surface area contributed by atoms with Gasteiger partial charge < -0.3 is 4.74 Å². The summed E-state index contributed by atoms with van der Waals surface area (Å²) in [7, 11) is 0. The molecule has 1 aliphatic heterocycles. The molecule has 1 fully saturated rings. The van der Waals surface area contributed by atoms with E-state index in [-0.39, 0.29) is 18.5 Å². The second-order valence-corrected chi connectivity index (χ2v) is 6.31. The number of nitrogens with zero attached hydrogens (tertiary/aromatic N) is 1. The maximum Gasteiger partial charge on any atom is 0.310 e. The Morgan fingerprint density at radius 3 is 2.60 bits per heavy atom. The minimum absolute atomic E-state index is 0.284. The molecular formula is C20H21F2NO2. The maximum atomic E-state index is 14.3. The van der Waals surface area contributed by atoms with Gasteiger partial charge in [0.15, 0.2) is 0 Å². The number of hydrogen-bond donors (Lipinski definition) is 0. The molecule has 2 aromatic carbocycles. The van der Waals surface area contributed by atoms with E-state index in [9.17, 15) is 13.6 Å². The summed E-state index contributed by atoms with van der Waals surface area (Å²) in [6.45, 7) is 3.74. The van der Waals surface area contributed by atoms with Crippen LogP contribution in [0.1, 0.15) is 24.0 Å². The molecule has 3 rings (SSSR count). The van der Waals surface area contributed by atoms with Gasteiger partial charge in [-0.3, -0.25) is 9.69 Å². The molecule has 0 radical (unpaired) electrons. The molecule has 0 bridgehead atoms. The normalized spacial score (nSPS) is 20.6. The topological polar surface area (TPSA) is 29.5 Å². The summed E-state index contributed by atoms with van der Waals surface area (Å²) in [5.41, 5.74) is 1.50. The molecular weight excluding hydrogens is 324 g/mol. The second-order valence-electron chi connectivity index (χ2n) is 6.31. The number of benzene rings is 2. The molecule has 2 atom stereocenters. The Morgan fingerprint density at radius 2 is 1.92 bits per heavy atom. The van der Waals surface area contributed by atoms with E-state index in [1.165, 1.54) is 12.1 Å². The van der Waals surface area contributed by atoms with E-state index in [1.54, 1.807) is 6.92 Å². The molecule has 25 heavy (non-hydrogen) atoms. The first-order valence-electron chi connectivity index (χ1n) is 8.46. The largest absolute Gasteiger partial charge is 0.466 e. The maximum absolute atomic E-state index is 14.3. The molecule has 5 heteroatoms. The first-order valence-corrected chi connectivity index (χ1v) is 8.46. The van der Waals surface area contributed by atoms with Crippen molar-refractivity contribution in [2.45, 2.75) is 19.4 Å². The van der Waals surface area contributed by atoms with Gasteiger partial charge in [0.05, 0.1) is 12.5 Å². The molecule has 132 valence electrons. The Kier molecular flexibility index (Phi) is 5.43. The number of hydrogen-bond acceptors (Lipinski definition) is 3. The quantitative estimate of drug-likeness (QED) is 0.773. The zero-order valence-electron chi connectivity index (χ0n) is 14.1. The third-order valence-corrected chi connectivity index (χ3v) is 4.60. The lowest BCUT2D eigenvalue weighted by Crippen LogP contribution is -2.25. The van der Waals surface area contributed by atoms with Gasteiger partial charge in [-0.1, -0.05) is 36.4 Å². The number of rotatable bonds is 5. The monoisotopic (exact) mass is 345 g/mol. The van der Waals surface area contributed by atoms with Crippen molar-refractivity contribution < 1.29 is 18.3 Å². The van der Waals surface area contributed by atoms with Gasteiger partial charge in [0.1, 0.15) is 11.6 Å². The van der Waals surface area contributed by atoms with Gasteiger partial charge in [-0.2, -0.15) is 0 Å². The van der Waals surface area contributed by atoms with Crippen LogP contribution < -0.4 is 0 Å². The number of carbonyl (C=O) groups excluding carboxylic acids is 1. The lowest BCUT2D eigenvalue weighted by atomic mass is 9.88. The summed E-state index contributed by atoms with van der Waals surface area (Å²) in [4.78, 5) is 14.5. The Morgan fingerprint density at radius 1 is 1.16 bits per heavy atom. The van der Waals surface area contributed by atoms with Crippen molar-refractivity contribution in [1.29, 1.82) is 0 Å². The first-order chi connectivity index (χ1) is 12.1. The van der Waals surface area contributed by atoms with Crippen molar-refractivity contribution in [2.24, 2.45) is 5.92 Å². The Balaban J connectivity index is 1.84. The lowest BCUT2D eigenvalue weighted by molar-refractivity contribution is -0.148. The van der Waals surface area contributed by atoms with Crippen molar-refractivity contribution >= 4 is 5.97 Å². The standard InChI is InChI=1S/C20H21F2NO2/c1-2-25-20(24)18-13-23(11-14-6-4-3-5-7-14)12-17(18)16-9-8-15(21)10-19(16)22/h3-10,17-18H,2,11-13H2,1H3. The van der Waals surface area contributed by atoms with Crippen molar-refractivity contribution in [3.05, 3.63) is 71.3 Å². The number of esters is 1. The summed E-state index contributed by atoms with van der Waals surface area (Å²) >= 11 is 0. The van der Waals surface area contributed by atoms with Crippen LogP contribution in [0.25, 0.3) is 0 Å². The van der Waals surface area contributed by atoms with Crippen LogP contribution in [0.3, 0.4) is 0 Å². The fourth-order valence-corrected chi connectivity index (χ4v) is 3.46. The summed E-state index contributed by atoms with van der Waals surface area (Å²) in [6.07, 6.45) is 0. The van der Waals surface area contributed by atoms with E-state index in [4.69, 9.17) is 4.74 Å². The van der Waals surface area contributed by atoms with E-state index < -0.39 is 17.6 Å². The fraction of sp³-hybridized carbons (Fsp3) is 0.350. The van der Waals surface area contributed by atoms with Crippen LogP contribution in [0.5, 0.6) is 0 Å². The van der Waals surface area contributed by atoms with Crippen LogP contribution >= 0.6 is 0 Å². The number of carbonyl (C=O) groups is 1. The van der Waals surface area contributed by atoms with Crippen LogP contribution in [0, 0.1) is 17.6 Å². The van der Waals surface area contributed by atoms with Crippen LogP contribution in [-0.4, -0.2) is 30.6 Å². The predicted octanol–water partition coefficient (Wildman–Crippen LogP) is 3.74. The van der Waals surface area contributed by atoms with E-state index in [0.717, 1.165) is 11.6 Å². The molecule has 2 unspecified atom stereocenters. The van der Waals surface area contributed by atoms with E-state index >= 15 is 0 Å². The Labute approximate surface area is 146 Å². The first kappa shape index (κ1) is 17.5. The molecule has 1 saturated heterocycles. The summed E-state index contributed by atoms with van der Waals surface area (Å²) in [5, 5.41) is 0. The zero-order valence-corrected chi connectivity index (χ0v) is 14.1. The van der Waals surface area contributed by atoms with Crippen molar-refractivity contribution in [3.63, 3.8) is 0 Å². The molecule has 0 N–H and O–H groups in total. The third kappa shape index (κ3) is 4.04. The van der Waals surface area contributed by atoms with Gasteiger partial charge in [-0.05, 0) is 24.1 Å². The highest BCUT2D eigenvalue weighted by Crippen LogP contribution is 2.35. The minimum atomic E-state index is -0.618. The number of likely N-dealkylation sites (tertiary alicyclic amines) is 1. The van der Waals surface area contributed by atoms with Gasteiger partial charge in [-0.25, -0.2) is 8.78 Å². The molecule has 2 aromatic rings. The second kappa shape index (κ2) is 7.74. The average Bonchev–Trinajstić information content (AvgIpc) is 2.99. The Bertz CT molecular complexity index is 736. The van der Waals surface area contributed by atoms with Gasteiger partial charge in [0.25, 0.3) is 0 Å². The molecule has 1 aliphatic rings. The van der Waals surface area contributed by atoms with Gasteiger partial charge >= 0.3 is 5.97 Å². The van der Waals surface area contributed by atoms with Crippen LogP contribution in [0.4, 0.5) is 8.78 Å². The molecule has 0 aromatic heterocycles. The van der Waals surface area contributed by atoms with Crippen LogP contribution in [0.15, 0.2) is 48.5 Å². The molecule has 0 saturated carbocycles.